The van der Waals surface area contributed by atoms with Crippen LogP contribution in [0.25, 0.3) is 0 Å². The summed E-state index contributed by atoms with van der Waals surface area (Å²) in [5.74, 6) is 1.33. The van der Waals surface area contributed by atoms with Gasteiger partial charge in [0.15, 0.2) is 0 Å². The summed E-state index contributed by atoms with van der Waals surface area (Å²) < 4.78 is 37.1. The Bertz CT molecular complexity index is 1020. The normalized spacial score (nSPS) is 16.7. The molecule has 0 aliphatic carbocycles. The van der Waals surface area contributed by atoms with Crippen molar-refractivity contribution in [1.82, 2.24) is 4.72 Å². The number of nitro groups is 1. The Balaban J connectivity index is 2.10. The van der Waals surface area contributed by atoms with Gasteiger partial charge >= 0.3 is 0 Å². The van der Waals surface area contributed by atoms with Crippen LogP contribution in [0, 0.1) is 10.1 Å². The zero-order valence-corrected chi connectivity index (χ0v) is 17.2. The molecule has 1 atom stereocenters. The van der Waals surface area contributed by atoms with Crippen molar-refractivity contribution < 1.29 is 22.8 Å². The van der Waals surface area contributed by atoms with E-state index < -0.39 is 14.9 Å². The van der Waals surface area contributed by atoms with Crippen molar-refractivity contribution in [2.75, 3.05) is 32.7 Å². The molecule has 0 spiro atoms. The van der Waals surface area contributed by atoms with E-state index in [2.05, 4.69) is 4.72 Å². The zero-order valence-electron chi connectivity index (χ0n) is 16.4. The number of ether oxygens (including phenoxy) is 2. The van der Waals surface area contributed by atoms with E-state index in [0.29, 0.717) is 23.7 Å². The first-order valence-electron chi connectivity index (χ1n) is 9.03. The van der Waals surface area contributed by atoms with Crippen molar-refractivity contribution in [2.24, 2.45) is 0 Å². The van der Waals surface area contributed by atoms with Crippen LogP contribution in [0.4, 0.5) is 11.4 Å². The number of rotatable bonds is 7. The van der Waals surface area contributed by atoms with Gasteiger partial charge in [0, 0.05) is 18.2 Å². The lowest BCUT2D eigenvalue weighted by Crippen LogP contribution is -2.24. The molecule has 1 saturated heterocycles. The molecule has 0 bridgehead atoms. The lowest BCUT2D eigenvalue weighted by Gasteiger charge is -2.28. The topological polar surface area (TPSA) is 111 Å². The van der Waals surface area contributed by atoms with E-state index in [1.165, 1.54) is 19.2 Å². The molecule has 3 rings (SSSR count). The van der Waals surface area contributed by atoms with Gasteiger partial charge < -0.3 is 14.4 Å². The van der Waals surface area contributed by atoms with Crippen LogP contribution < -0.4 is 19.1 Å². The van der Waals surface area contributed by atoms with Crippen molar-refractivity contribution in [3.63, 3.8) is 0 Å². The number of nitrogens with one attached hydrogen (secondary N) is 1. The number of methoxy groups -OCH3 is 2. The average Bonchev–Trinajstić information content (AvgIpc) is 3.22. The van der Waals surface area contributed by atoms with Crippen LogP contribution >= 0.6 is 0 Å². The molecule has 0 saturated carbocycles. The van der Waals surface area contributed by atoms with E-state index in [9.17, 15) is 18.5 Å². The molecule has 29 heavy (non-hydrogen) atoms. The third-order valence-electron chi connectivity index (χ3n) is 5.08. The maximum atomic E-state index is 12.1. The summed E-state index contributed by atoms with van der Waals surface area (Å²) in [6.07, 6.45) is 1.61. The fourth-order valence-corrected chi connectivity index (χ4v) is 4.41. The second-order valence-electron chi connectivity index (χ2n) is 6.57. The molecule has 0 unspecified atom stereocenters. The highest BCUT2D eigenvalue weighted by Crippen LogP contribution is 2.44. The minimum Gasteiger partial charge on any atom is -0.497 e. The largest absolute Gasteiger partial charge is 0.497 e. The van der Waals surface area contributed by atoms with Gasteiger partial charge in [-0.3, -0.25) is 10.1 Å². The summed E-state index contributed by atoms with van der Waals surface area (Å²) in [5, 5.41) is 11.7. The van der Waals surface area contributed by atoms with Crippen molar-refractivity contribution in [1.29, 1.82) is 0 Å². The molecule has 2 aromatic rings. The molecule has 1 fully saturated rings. The monoisotopic (exact) mass is 421 g/mol. The Labute approximate surface area is 169 Å². The van der Waals surface area contributed by atoms with Gasteiger partial charge in [-0.15, -0.1) is 0 Å². The van der Waals surface area contributed by atoms with Gasteiger partial charge in [0.25, 0.3) is 5.69 Å². The minimum atomic E-state index is -3.79. The Kier molecular flexibility index (Phi) is 5.94. The van der Waals surface area contributed by atoms with Crippen molar-refractivity contribution >= 4 is 21.4 Å². The number of sulfonamides is 1. The quantitative estimate of drug-likeness (QED) is 0.540. The molecule has 0 aromatic heterocycles. The molecule has 156 valence electrons. The summed E-state index contributed by atoms with van der Waals surface area (Å²) in [6, 6.07) is 9.28. The summed E-state index contributed by atoms with van der Waals surface area (Å²) in [7, 11) is 0.622. The maximum Gasteiger partial charge on any atom is 0.293 e. The van der Waals surface area contributed by atoms with E-state index in [-0.39, 0.29) is 16.6 Å². The second kappa shape index (κ2) is 8.26. The van der Waals surface area contributed by atoms with Crippen molar-refractivity contribution in [2.45, 2.75) is 23.8 Å². The lowest BCUT2D eigenvalue weighted by atomic mass is 10.0. The number of nitro benzene ring substituents is 1. The first kappa shape index (κ1) is 20.9. The van der Waals surface area contributed by atoms with E-state index in [4.69, 9.17) is 9.47 Å². The van der Waals surface area contributed by atoms with Gasteiger partial charge in [-0.1, -0.05) is 0 Å². The molecule has 1 N–H and O–H groups in total. The second-order valence-corrected chi connectivity index (χ2v) is 8.46. The van der Waals surface area contributed by atoms with Crippen LogP contribution in [0.2, 0.25) is 0 Å². The van der Waals surface area contributed by atoms with Crippen LogP contribution in [0.15, 0.2) is 41.3 Å². The molecule has 2 aromatic carbocycles. The van der Waals surface area contributed by atoms with E-state index >= 15 is 0 Å². The third-order valence-corrected chi connectivity index (χ3v) is 6.49. The number of benzene rings is 2. The highest BCUT2D eigenvalue weighted by Gasteiger charge is 2.33. The predicted molar refractivity (Wildman–Crippen MR) is 108 cm³/mol. The van der Waals surface area contributed by atoms with Crippen LogP contribution in [-0.4, -0.2) is 41.2 Å². The van der Waals surface area contributed by atoms with E-state index in [0.717, 1.165) is 24.5 Å². The smallest absolute Gasteiger partial charge is 0.293 e. The van der Waals surface area contributed by atoms with Gasteiger partial charge in [-0.25, -0.2) is 13.1 Å². The molecule has 1 heterocycles. The zero-order chi connectivity index (χ0) is 21.2. The molecule has 1 aliphatic rings. The summed E-state index contributed by atoms with van der Waals surface area (Å²) in [4.78, 5) is 13.0. The van der Waals surface area contributed by atoms with Crippen LogP contribution in [0.5, 0.6) is 11.5 Å². The molecule has 0 amide bonds. The molecule has 10 heteroatoms. The number of hydrogen-bond acceptors (Lipinski definition) is 7. The Morgan fingerprint density at radius 1 is 1.17 bits per heavy atom. The first-order chi connectivity index (χ1) is 13.8. The minimum absolute atomic E-state index is 0.148. The van der Waals surface area contributed by atoms with Gasteiger partial charge in [-0.2, -0.15) is 0 Å². The first-order valence-corrected chi connectivity index (χ1v) is 10.5. The maximum absolute atomic E-state index is 12.1. The number of anilines is 1. The van der Waals surface area contributed by atoms with E-state index in [1.807, 2.05) is 17.0 Å². The molecular weight excluding hydrogens is 398 g/mol. The molecule has 1 aliphatic heterocycles. The highest BCUT2D eigenvalue weighted by molar-refractivity contribution is 7.89. The SMILES string of the molecule is CNS(=O)(=O)c1ccc(N2CCC[C@H]2c2cc(OC)ccc2OC)c([N+](=O)[O-])c1. The third kappa shape index (κ3) is 3.99. The molecule has 9 nitrogen and oxygen atoms in total. The predicted octanol–water partition coefficient (Wildman–Crippen LogP) is 2.86. The molecular formula is C19H23N3O6S. The van der Waals surface area contributed by atoms with Crippen LogP contribution in [-0.2, 0) is 10.0 Å². The lowest BCUT2D eigenvalue weighted by molar-refractivity contribution is -0.384. The van der Waals surface area contributed by atoms with Crippen LogP contribution in [0.1, 0.15) is 24.4 Å². The molecule has 0 radical (unpaired) electrons. The van der Waals surface area contributed by atoms with Gasteiger partial charge in [-0.05, 0) is 50.2 Å². The summed E-state index contributed by atoms with van der Waals surface area (Å²) in [5.41, 5.74) is 0.984. The summed E-state index contributed by atoms with van der Waals surface area (Å²) in [6.45, 7) is 0.601. The fraction of sp³-hybridized carbons (Fsp3) is 0.368. The Hall–Kier alpha value is -2.85. The Morgan fingerprint density at radius 3 is 2.55 bits per heavy atom. The van der Waals surface area contributed by atoms with E-state index in [1.54, 1.807) is 20.3 Å². The summed E-state index contributed by atoms with van der Waals surface area (Å²) >= 11 is 0. The van der Waals surface area contributed by atoms with Crippen LogP contribution in [0.3, 0.4) is 0 Å². The van der Waals surface area contributed by atoms with Crippen molar-refractivity contribution in [3.05, 3.63) is 52.1 Å². The number of nitrogens with zero attached hydrogens (tertiary/aromatic N) is 2. The van der Waals surface area contributed by atoms with Gasteiger partial charge in [0.1, 0.15) is 17.2 Å². The Morgan fingerprint density at radius 2 is 1.93 bits per heavy atom. The van der Waals surface area contributed by atoms with Gasteiger partial charge in [0.2, 0.25) is 10.0 Å². The van der Waals surface area contributed by atoms with Crippen molar-refractivity contribution in [3.8, 4) is 11.5 Å². The fourth-order valence-electron chi connectivity index (χ4n) is 3.66. The number of hydrogen-bond donors (Lipinski definition) is 1. The highest BCUT2D eigenvalue weighted by atomic mass is 32.2. The van der Waals surface area contributed by atoms with Gasteiger partial charge in [0.05, 0.1) is 30.1 Å². The standard InChI is InChI=1S/C19H23N3O6S/c1-20-29(25,26)14-7-8-17(18(12-14)22(23)24)21-10-4-5-16(21)15-11-13(27-2)6-9-19(15)28-3/h6-9,11-12,16,20H,4-5,10H2,1-3H3/t16-/m0/s1. The average molecular weight is 421 g/mol.